The molecule has 164 valence electrons. The van der Waals surface area contributed by atoms with E-state index in [0.717, 1.165) is 54.4 Å². The normalized spacial score (nSPS) is 24.0. The fourth-order valence-electron chi connectivity index (χ4n) is 4.53. The summed E-state index contributed by atoms with van der Waals surface area (Å²) in [5, 5.41) is 0. The first-order valence-electron chi connectivity index (χ1n) is 10.6. The Morgan fingerprint density at radius 1 is 1.26 bits per heavy atom. The van der Waals surface area contributed by atoms with Crippen LogP contribution in [-0.4, -0.2) is 77.6 Å². The van der Waals surface area contributed by atoms with Crippen molar-refractivity contribution in [2.45, 2.75) is 24.9 Å². The number of hydrogen-bond acceptors (Lipinski definition) is 6. The topological polar surface area (TPSA) is 67.8 Å². The second-order valence-corrected chi connectivity index (χ2v) is 9.29. The lowest BCUT2D eigenvalue weighted by Gasteiger charge is -2.38. The molecule has 2 aromatic rings. The largest absolute Gasteiger partial charge is 0.367 e. The zero-order chi connectivity index (χ0) is 22.1. The third kappa shape index (κ3) is 4.37. The Morgan fingerprint density at radius 3 is 2.68 bits per heavy atom. The Balaban J connectivity index is 1.68. The number of piperidine rings is 1. The van der Waals surface area contributed by atoms with Crippen molar-refractivity contribution in [2.75, 3.05) is 45.2 Å². The molecular weight excluding hydrogens is 456 g/mol. The number of H-pyrrole nitrogens is 1. The highest BCUT2D eigenvalue weighted by Crippen LogP contribution is 2.35. The summed E-state index contributed by atoms with van der Waals surface area (Å²) in [6, 6.07) is 5.93. The summed E-state index contributed by atoms with van der Waals surface area (Å²) in [5.41, 5.74) is 3.84. The third-order valence-corrected chi connectivity index (χ3v) is 6.72. The number of halogens is 1. The molecule has 2 atom stereocenters. The number of Topliss-reactive ketones (excluding diaryl/α,β-unsaturated/α-hetero) is 1. The Morgan fingerprint density at radius 2 is 2.00 bits per heavy atom. The number of ketones is 1. The second-order valence-electron chi connectivity index (χ2n) is 8.33. The molecule has 1 N–H and O–H groups in total. The summed E-state index contributed by atoms with van der Waals surface area (Å²) >= 11 is 3.44. The fraction of sp³-hybridized carbons (Fsp3) is 0.435. The van der Waals surface area contributed by atoms with Gasteiger partial charge in [0.05, 0.1) is 29.0 Å². The summed E-state index contributed by atoms with van der Waals surface area (Å²) in [5.74, 6) is 1.01. The number of para-hydroxylation sites is 1. The van der Waals surface area contributed by atoms with E-state index >= 15 is 0 Å². The summed E-state index contributed by atoms with van der Waals surface area (Å²) in [4.78, 5) is 32.5. The minimum atomic E-state index is -0.179. The van der Waals surface area contributed by atoms with Crippen LogP contribution in [0.1, 0.15) is 24.7 Å². The van der Waals surface area contributed by atoms with Crippen molar-refractivity contribution in [1.82, 2.24) is 19.8 Å². The summed E-state index contributed by atoms with van der Waals surface area (Å²) < 4.78 is 0.666. The highest BCUT2D eigenvalue weighted by Gasteiger charge is 2.38. The number of benzene rings is 1. The number of piperazine rings is 1. The summed E-state index contributed by atoms with van der Waals surface area (Å²) in [6.45, 7) is 11.7. The Labute approximate surface area is 191 Å². The van der Waals surface area contributed by atoms with Gasteiger partial charge >= 0.3 is 0 Å². The molecule has 31 heavy (non-hydrogen) atoms. The van der Waals surface area contributed by atoms with Crippen LogP contribution in [0.2, 0.25) is 0 Å². The molecule has 0 aliphatic carbocycles. The van der Waals surface area contributed by atoms with Crippen LogP contribution in [0.3, 0.4) is 0 Å². The number of aliphatic imine (C=N–C) groups is 1. The number of nitrogens with one attached hydrogen (secondary N) is 1. The number of aromatic nitrogens is 2. The third-order valence-electron chi connectivity index (χ3n) is 6.32. The molecule has 2 aliphatic rings. The zero-order valence-corrected chi connectivity index (χ0v) is 19.7. The lowest BCUT2D eigenvalue weighted by Crippen LogP contribution is -2.47. The molecule has 3 heterocycles. The molecule has 4 rings (SSSR count). The lowest BCUT2D eigenvalue weighted by molar-refractivity contribution is -0.123. The number of rotatable bonds is 5. The van der Waals surface area contributed by atoms with Gasteiger partial charge in [-0.3, -0.25) is 14.7 Å². The highest BCUT2D eigenvalue weighted by atomic mass is 79.9. The summed E-state index contributed by atoms with van der Waals surface area (Å²) in [6.07, 6.45) is 2.32. The van der Waals surface area contributed by atoms with Crippen LogP contribution in [0.15, 0.2) is 47.0 Å². The van der Waals surface area contributed by atoms with Crippen LogP contribution in [0.4, 0.5) is 5.69 Å². The molecule has 2 unspecified atom stereocenters. The number of aromatic amines is 1. The minimum absolute atomic E-state index is 0.152. The number of imidazole rings is 1. The number of likely N-dealkylation sites (N-methyl/N-ethyl adjacent to an activating group) is 1. The van der Waals surface area contributed by atoms with Crippen LogP contribution in [0.5, 0.6) is 0 Å². The highest BCUT2D eigenvalue weighted by molar-refractivity contribution is 9.12. The maximum Gasteiger partial charge on any atom is 0.136 e. The number of carbonyl (C=O) groups excluding carboxylic acids is 1. The molecule has 2 fully saturated rings. The zero-order valence-electron chi connectivity index (χ0n) is 18.1. The van der Waals surface area contributed by atoms with E-state index in [2.05, 4.69) is 79.0 Å². The Kier molecular flexibility index (Phi) is 6.41. The van der Waals surface area contributed by atoms with Crippen molar-refractivity contribution in [3.63, 3.8) is 0 Å². The van der Waals surface area contributed by atoms with Crippen molar-refractivity contribution in [1.29, 1.82) is 0 Å². The molecule has 2 saturated heterocycles. The number of likely N-dealkylation sites (tertiary alicyclic amines) is 1. The van der Waals surface area contributed by atoms with Crippen LogP contribution in [-0.2, 0) is 4.79 Å². The average Bonchev–Trinajstić information content (AvgIpc) is 3.18. The number of carbonyl (C=O) groups is 1. The van der Waals surface area contributed by atoms with Crippen LogP contribution in [0.25, 0.3) is 11.0 Å². The molecule has 0 bridgehead atoms. The van der Waals surface area contributed by atoms with Crippen molar-refractivity contribution >= 4 is 44.1 Å². The van der Waals surface area contributed by atoms with Gasteiger partial charge in [-0.05, 0) is 42.2 Å². The van der Waals surface area contributed by atoms with Crippen LogP contribution in [0, 0.1) is 0 Å². The van der Waals surface area contributed by atoms with Gasteiger partial charge in [0.15, 0.2) is 0 Å². The Bertz CT molecular complexity index is 1040. The SMILES string of the molecule is C=CN=C(C(=C)Br)C1CC(=O)CC(c2nc3c(N4CCN(C)CC4)cccc3[nH]2)N1C. The number of hydrogen-bond donors (Lipinski definition) is 1. The second kappa shape index (κ2) is 9.06. The molecule has 0 amide bonds. The lowest BCUT2D eigenvalue weighted by atomic mass is 9.91. The first-order valence-corrected chi connectivity index (χ1v) is 11.4. The molecule has 0 saturated carbocycles. The van der Waals surface area contributed by atoms with Crippen molar-refractivity contribution in [3.8, 4) is 0 Å². The predicted octanol–water partition coefficient (Wildman–Crippen LogP) is 3.51. The average molecular weight is 485 g/mol. The van der Waals surface area contributed by atoms with Crippen molar-refractivity contribution in [3.05, 3.63) is 47.9 Å². The van der Waals surface area contributed by atoms with Gasteiger partial charge in [0.1, 0.15) is 17.1 Å². The number of fused-ring (bicyclic) bond motifs is 1. The number of nitrogens with zero attached hydrogens (tertiary/aromatic N) is 5. The smallest absolute Gasteiger partial charge is 0.136 e. The van der Waals surface area contributed by atoms with E-state index in [1.807, 2.05) is 7.05 Å². The van der Waals surface area contributed by atoms with E-state index in [0.29, 0.717) is 17.3 Å². The van der Waals surface area contributed by atoms with Gasteiger partial charge in [0.25, 0.3) is 0 Å². The van der Waals surface area contributed by atoms with Crippen molar-refractivity contribution in [2.24, 2.45) is 4.99 Å². The molecule has 8 heteroatoms. The van der Waals surface area contributed by atoms with Gasteiger partial charge in [-0.2, -0.15) is 0 Å². The minimum Gasteiger partial charge on any atom is -0.367 e. The van der Waals surface area contributed by atoms with Gasteiger partial charge < -0.3 is 14.8 Å². The van der Waals surface area contributed by atoms with E-state index in [1.165, 1.54) is 6.20 Å². The van der Waals surface area contributed by atoms with E-state index < -0.39 is 0 Å². The predicted molar refractivity (Wildman–Crippen MR) is 130 cm³/mol. The quantitative estimate of drug-likeness (QED) is 0.657. The van der Waals surface area contributed by atoms with E-state index in [1.54, 1.807) is 0 Å². The van der Waals surface area contributed by atoms with Gasteiger partial charge in [0.2, 0.25) is 0 Å². The van der Waals surface area contributed by atoms with E-state index in [4.69, 9.17) is 4.98 Å². The monoisotopic (exact) mass is 484 g/mol. The number of anilines is 1. The van der Waals surface area contributed by atoms with Gasteiger partial charge in [-0.1, -0.05) is 19.2 Å². The maximum absolute atomic E-state index is 12.7. The molecule has 2 aliphatic heterocycles. The fourth-order valence-corrected chi connectivity index (χ4v) is 4.90. The van der Waals surface area contributed by atoms with E-state index in [-0.39, 0.29) is 17.9 Å². The van der Waals surface area contributed by atoms with Crippen molar-refractivity contribution < 1.29 is 4.79 Å². The molecular formula is C23H29BrN6O. The van der Waals surface area contributed by atoms with Gasteiger partial charge in [0, 0.05) is 49.7 Å². The maximum atomic E-state index is 12.7. The summed E-state index contributed by atoms with van der Waals surface area (Å²) in [7, 11) is 4.17. The molecule has 0 spiro atoms. The van der Waals surface area contributed by atoms with Gasteiger partial charge in [-0.25, -0.2) is 4.98 Å². The van der Waals surface area contributed by atoms with E-state index in [9.17, 15) is 4.79 Å². The van der Waals surface area contributed by atoms with Crippen LogP contribution < -0.4 is 4.90 Å². The molecule has 1 aromatic carbocycles. The van der Waals surface area contributed by atoms with Gasteiger partial charge in [-0.15, -0.1) is 0 Å². The first kappa shape index (κ1) is 21.9. The van der Waals surface area contributed by atoms with Crippen LogP contribution >= 0.6 is 15.9 Å². The Hall–Kier alpha value is -2.29. The molecule has 0 radical (unpaired) electrons. The molecule has 7 nitrogen and oxygen atoms in total. The standard InChI is InChI=1S/C23H29BrN6O/c1-5-25-21(15(2)24)19-13-16(31)14-20(29(19)4)23-26-17-7-6-8-18(22(17)27-23)30-11-9-28(3)10-12-30/h5-8,19-20H,1-2,9-14H2,3-4H3,(H,26,27). The molecule has 1 aromatic heterocycles. The first-order chi connectivity index (χ1) is 14.9.